The van der Waals surface area contributed by atoms with Gasteiger partial charge in [-0.05, 0) is 17.7 Å². The Morgan fingerprint density at radius 3 is 2.45 bits per heavy atom. The molecule has 2 N–H and O–H groups in total. The summed E-state index contributed by atoms with van der Waals surface area (Å²) in [5.41, 5.74) is 0.728. The van der Waals surface area contributed by atoms with Crippen molar-refractivity contribution in [1.29, 1.82) is 0 Å². The van der Waals surface area contributed by atoms with Crippen LogP contribution >= 0.6 is 11.6 Å². The lowest BCUT2D eigenvalue weighted by molar-refractivity contribution is -0.136. The highest BCUT2D eigenvalue weighted by Gasteiger charge is 2.14. The van der Waals surface area contributed by atoms with Crippen molar-refractivity contribution in [2.45, 2.75) is 6.54 Å². The standard InChI is InChI=1S/C13H11ClN4O2/c14-10-5-2-1-4-9(10)8-17-11(19)12(20)18-13-15-6-3-7-16-13/h1-7H,8H2,(H,17,19)(H,15,16,18,20). The van der Waals surface area contributed by atoms with E-state index in [1.54, 1.807) is 30.3 Å². The van der Waals surface area contributed by atoms with Gasteiger partial charge in [0.2, 0.25) is 5.95 Å². The van der Waals surface area contributed by atoms with Crippen LogP contribution in [0.3, 0.4) is 0 Å². The van der Waals surface area contributed by atoms with E-state index in [4.69, 9.17) is 11.6 Å². The van der Waals surface area contributed by atoms with Crippen LogP contribution in [0.4, 0.5) is 5.95 Å². The van der Waals surface area contributed by atoms with Crippen LogP contribution in [0.25, 0.3) is 0 Å². The second-order valence-corrected chi connectivity index (χ2v) is 4.21. The number of nitrogens with zero attached hydrogens (tertiary/aromatic N) is 2. The van der Waals surface area contributed by atoms with Gasteiger partial charge in [-0.1, -0.05) is 29.8 Å². The van der Waals surface area contributed by atoms with Crippen molar-refractivity contribution in [2.75, 3.05) is 5.32 Å². The average molecular weight is 291 g/mol. The number of aromatic nitrogens is 2. The van der Waals surface area contributed by atoms with Crippen molar-refractivity contribution in [2.24, 2.45) is 0 Å². The fourth-order valence-corrected chi connectivity index (χ4v) is 1.62. The zero-order chi connectivity index (χ0) is 14.4. The Labute approximate surface area is 120 Å². The van der Waals surface area contributed by atoms with E-state index >= 15 is 0 Å². The second kappa shape index (κ2) is 6.63. The third-order valence-corrected chi connectivity index (χ3v) is 2.76. The molecule has 0 unspecified atom stereocenters. The van der Waals surface area contributed by atoms with Gasteiger partial charge in [-0.15, -0.1) is 0 Å². The third kappa shape index (κ3) is 3.76. The molecule has 0 saturated heterocycles. The van der Waals surface area contributed by atoms with Gasteiger partial charge in [0.1, 0.15) is 0 Å². The molecule has 0 spiro atoms. The molecule has 6 nitrogen and oxygen atoms in total. The van der Waals surface area contributed by atoms with Gasteiger partial charge < -0.3 is 5.32 Å². The van der Waals surface area contributed by atoms with E-state index < -0.39 is 11.8 Å². The topological polar surface area (TPSA) is 84.0 Å². The van der Waals surface area contributed by atoms with Crippen molar-refractivity contribution in [3.63, 3.8) is 0 Å². The number of carbonyl (C=O) groups excluding carboxylic acids is 2. The molecule has 1 aromatic carbocycles. The Kier molecular flexibility index (Phi) is 4.62. The van der Waals surface area contributed by atoms with E-state index in [0.29, 0.717) is 5.02 Å². The predicted molar refractivity (Wildman–Crippen MR) is 74.0 cm³/mol. The first-order valence-corrected chi connectivity index (χ1v) is 6.14. The number of amides is 2. The molecule has 0 saturated carbocycles. The summed E-state index contributed by atoms with van der Waals surface area (Å²) < 4.78 is 0. The Balaban J connectivity index is 1.89. The highest BCUT2D eigenvalue weighted by molar-refractivity contribution is 6.39. The fraction of sp³-hybridized carbons (Fsp3) is 0.0769. The molecule has 0 atom stereocenters. The normalized spacial score (nSPS) is 9.85. The summed E-state index contributed by atoms with van der Waals surface area (Å²) in [5.74, 6) is -1.54. The molecule has 0 bridgehead atoms. The fourth-order valence-electron chi connectivity index (χ4n) is 1.42. The SMILES string of the molecule is O=C(NCc1ccccc1Cl)C(=O)Nc1ncccn1. The molecule has 2 rings (SSSR count). The summed E-state index contributed by atoms with van der Waals surface area (Å²) >= 11 is 5.95. The summed E-state index contributed by atoms with van der Waals surface area (Å²) in [6, 6.07) is 8.66. The molecule has 7 heteroatoms. The van der Waals surface area contributed by atoms with Gasteiger partial charge in [0.15, 0.2) is 0 Å². The predicted octanol–water partition coefficient (Wildman–Crippen LogP) is 1.38. The van der Waals surface area contributed by atoms with Crippen LogP contribution in [0.2, 0.25) is 5.02 Å². The van der Waals surface area contributed by atoms with Crippen LogP contribution in [0, 0.1) is 0 Å². The maximum absolute atomic E-state index is 11.6. The van der Waals surface area contributed by atoms with Crippen molar-refractivity contribution in [3.05, 3.63) is 53.3 Å². The summed E-state index contributed by atoms with van der Waals surface area (Å²) in [6.45, 7) is 0.168. The van der Waals surface area contributed by atoms with Crippen LogP contribution in [0.15, 0.2) is 42.7 Å². The molecule has 102 valence electrons. The first-order valence-electron chi connectivity index (χ1n) is 5.76. The van der Waals surface area contributed by atoms with E-state index in [-0.39, 0.29) is 12.5 Å². The minimum absolute atomic E-state index is 0.0744. The van der Waals surface area contributed by atoms with Gasteiger partial charge in [0, 0.05) is 24.0 Å². The number of benzene rings is 1. The highest BCUT2D eigenvalue weighted by Crippen LogP contribution is 2.14. The molecule has 0 aliphatic carbocycles. The van der Waals surface area contributed by atoms with Crippen molar-refractivity contribution < 1.29 is 9.59 Å². The van der Waals surface area contributed by atoms with Crippen LogP contribution < -0.4 is 10.6 Å². The van der Waals surface area contributed by atoms with Gasteiger partial charge in [0.25, 0.3) is 0 Å². The molecule has 1 aromatic heterocycles. The number of hydrogen-bond acceptors (Lipinski definition) is 4. The van der Waals surface area contributed by atoms with Gasteiger partial charge in [0.05, 0.1) is 0 Å². The average Bonchev–Trinajstić information content (AvgIpc) is 2.47. The first kappa shape index (κ1) is 14.0. The number of rotatable bonds is 3. The number of anilines is 1. The Morgan fingerprint density at radius 2 is 1.75 bits per heavy atom. The summed E-state index contributed by atoms with van der Waals surface area (Å²) in [5, 5.41) is 5.28. The van der Waals surface area contributed by atoms with E-state index in [9.17, 15) is 9.59 Å². The van der Waals surface area contributed by atoms with Crippen molar-refractivity contribution >= 4 is 29.4 Å². The third-order valence-electron chi connectivity index (χ3n) is 2.39. The van der Waals surface area contributed by atoms with Gasteiger partial charge in [-0.3, -0.25) is 14.9 Å². The van der Waals surface area contributed by atoms with E-state index in [1.165, 1.54) is 12.4 Å². The molecule has 0 aliphatic heterocycles. The van der Waals surface area contributed by atoms with E-state index in [1.807, 2.05) is 0 Å². The van der Waals surface area contributed by atoms with E-state index in [2.05, 4.69) is 20.6 Å². The smallest absolute Gasteiger partial charge is 0.316 e. The minimum Gasteiger partial charge on any atom is -0.344 e. The van der Waals surface area contributed by atoms with E-state index in [0.717, 1.165) is 5.56 Å². The molecular weight excluding hydrogens is 280 g/mol. The Morgan fingerprint density at radius 1 is 1.05 bits per heavy atom. The lowest BCUT2D eigenvalue weighted by atomic mass is 10.2. The second-order valence-electron chi connectivity index (χ2n) is 3.80. The Hall–Kier alpha value is -2.47. The molecule has 2 amide bonds. The summed E-state index contributed by atoms with van der Waals surface area (Å²) in [4.78, 5) is 30.8. The van der Waals surface area contributed by atoms with Gasteiger partial charge in [-0.2, -0.15) is 0 Å². The molecule has 0 fully saturated rings. The molecule has 2 aromatic rings. The number of halogens is 1. The zero-order valence-electron chi connectivity index (χ0n) is 10.3. The zero-order valence-corrected chi connectivity index (χ0v) is 11.1. The number of hydrogen-bond donors (Lipinski definition) is 2. The van der Waals surface area contributed by atoms with Crippen molar-refractivity contribution in [3.8, 4) is 0 Å². The Bertz CT molecular complexity index is 619. The highest BCUT2D eigenvalue weighted by atomic mass is 35.5. The quantitative estimate of drug-likeness (QED) is 0.837. The molecule has 1 heterocycles. The van der Waals surface area contributed by atoms with Crippen LogP contribution in [0.5, 0.6) is 0 Å². The molecule has 0 radical (unpaired) electrons. The lowest BCUT2D eigenvalue weighted by Crippen LogP contribution is -2.35. The molecular formula is C13H11ClN4O2. The maximum Gasteiger partial charge on any atom is 0.316 e. The molecule has 20 heavy (non-hydrogen) atoms. The monoisotopic (exact) mass is 290 g/mol. The van der Waals surface area contributed by atoms with Crippen LogP contribution in [-0.2, 0) is 16.1 Å². The van der Waals surface area contributed by atoms with Gasteiger partial charge in [-0.25, -0.2) is 9.97 Å². The number of nitrogens with one attached hydrogen (secondary N) is 2. The van der Waals surface area contributed by atoms with Gasteiger partial charge >= 0.3 is 11.8 Å². The number of carbonyl (C=O) groups is 2. The largest absolute Gasteiger partial charge is 0.344 e. The van der Waals surface area contributed by atoms with Crippen molar-refractivity contribution in [1.82, 2.24) is 15.3 Å². The summed E-state index contributed by atoms with van der Waals surface area (Å²) in [6.07, 6.45) is 2.93. The molecule has 0 aliphatic rings. The summed E-state index contributed by atoms with van der Waals surface area (Å²) in [7, 11) is 0. The first-order chi connectivity index (χ1) is 9.66. The minimum atomic E-state index is -0.830. The lowest BCUT2D eigenvalue weighted by Gasteiger charge is -2.06. The van der Waals surface area contributed by atoms with Crippen LogP contribution in [-0.4, -0.2) is 21.8 Å². The van der Waals surface area contributed by atoms with Crippen LogP contribution in [0.1, 0.15) is 5.56 Å². The maximum atomic E-state index is 11.6.